The molecule has 3 aromatic heterocycles. The number of aryl methyl sites for hydroxylation is 2. The Morgan fingerprint density at radius 2 is 1.17 bits per heavy atom. The van der Waals surface area contributed by atoms with Crippen LogP contribution in [0.1, 0.15) is 9.75 Å². The summed E-state index contributed by atoms with van der Waals surface area (Å²) in [5, 5.41) is 0. The molecule has 0 bridgehead atoms. The van der Waals surface area contributed by atoms with Crippen LogP contribution in [0.2, 0.25) is 0 Å². The smallest absolute Gasteiger partial charge is 0.0584 e. The lowest BCUT2D eigenvalue weighted by Gasteiger charge is -2.04. The Morgan fingerprint density at radius 3 is 1.50 bits per heavy atom. The van der Waals surface area contributed by atoms with Crippen molar-refractivity contribution in [2.75, 3.05) is 0 Å². The van der Waals surface area contributed by atoms with Crippen molar-refractivity contribution < 1.29 is 0 Å². The van der Waals surface area contributed by atoms with Gasteiger partial charge in [0.05, 0.1) is 21.1 Å². The van der Waals surface area contributed by atoms with Gasteiger partial charge in [-0.3, -0.25) is 0 Å². The third-order valence-corrected chi connectivity index (χ3v) is 5.15. The summed E-state index contributed by atoms with van der Waals surface area (Å²) in [7, 11) is 2.15. The molecule has 3 aromatic rings. The Kier molecular flexibility index (Phi) is 2.88. The Balaban J connectivity index is 2.08. The van der Waals surface area contributed by atoms with Gasteiger partial charge in [-0.05, 0) is 50.2 Å². The highest BCUT2D eigenvalue weighted by Crippen LogP contribution is 2.34. The molecule has 18 heavy (non-hydrogen) atoms. The predicted molar refractivity (Wildman–Crippen MR) is 81.5 cm³/mol. The molecule has 0 amide bonds. The summed E-state index contributed by atoms with van der Waals surface area (Å²) in [4.78, 5) is 5.41. The minimum atomic E-state index is 1.30. The number of nitrogens with zero attached hydrogens (tertiary/aromatic N) is 1. The molecule has 0 fully saturated rings. The molecular formula is C15H15NS2. The van der Waals surface area contributed by atoms with Crippen molar-refractivity contribution >= 4 is 22.7 Å². The van der Waals surface area contributed by atoms with Crippen LogP contribution in [0, 0.1) is 13.8 Å². The van der Waals surface area contributed by atoms with E-state index in [1.165, 1.54) is 30.9 Å². The maximum Gasteiger partial charge on any atom is 0.0584 e. The number of hydrogen-bond acceptors (Lipinski definition) is 2. The zero-order valence-electron chi connectivity index (χ0n) is 10.7. The molecule has 0 saturated carbocycles. The fraction of sp³-hybridized carbons (Fsp3) is 0.200. The number of aromatic nitrogens is 1. The van der Waals surface area contributed by atoms with E-state index in [1.807, 2.05) is 22.7 Å². The van der Waals surface area contributed by atoms with Crippen molar-refractivity contribution in [1.82, 2.24) is 4.57 Å². The number of hydrogen-bond donors (Lipinski definition) is 0. The van der Waals surface area contributed by atoms with Crippen LogP contribution in [0.15, 0.2) is 36.4 Å². The maximum atomic E-state index is 2.29. The average molecular weight is 273 g/mol. The molecule has 92 valence electrons. The Hall–Kier alpha value is -1.32. The summed E-state index contributed by atoms with van der Waals surface area (Å²) in [6.07, 6.45) is 0. The van der Waals surface area contributed by atoms with Gasteiger partial charge in [-0.1, -0.05) is 0 Å². The second-order valence-electron chi connectivity index (χ2n) is 4.48. The predicted octanol–water partition coefficient (Wildman–Crippen LogP) is 5.10. The van der Waals surface area contributed by atoms with Crippen molar-refractivity contribution in [1.29, 1.82) is 0 Å². The minimum Gasteiger partial charge on any atom is -0.342 e. The number of rotatable bonds is 2. The fourth-order valence-corrected chi connectivity index (χ4v) is 4.01. The van der Waals surface area contributed by atoms with Crippen LogP contribution in [-0.2, 0) is 7.05 Å². The molecule has 1 nitrogen and oxygen atoms in total. The van der Waals surface area contributed by atoms with Crippen LogP contribution in [-0.4, -0.2) is 4.57 Å². The number of thiophene rings is 2. The minimum absolute atomic E-state index is 1.30. The normalized spacial score (nSPS) is 11.1. The second-order valence-corrected chi connectivity index (χ2v) is 7.06. The highest BCUT2D eigenvalue weighted by Gasteiger charge is 2.11. The molecule has 0 spiro atoms. The van der Waals surface area contributed by atoms with Gasteiger partial charge in [-0.15, -0.1) is 22.7 Å². The lowest BCUT2D eigenvalue weighted by molar-refractivity contribution is 0.951. The van der Waals surface area contributed by atoms with E-state index in [2.05, 4.69) is 61.9 Å². The molecule has 0 aliphatic carbocycles. The van der Waals surface area contributed by atoms with Crippen LogP contribution in [0.4, 0.5) is 0 Å². The van der Waals surface area contributed by atoms with Crippen LogP contribution in [0.3, 0.4) is 0 Å². The molecule has 0 radical (unpaired) electrons. The zero-order valence-corrected chi connectivity index (χ0v) is 12.4. The fourth-order valence-electron chi connectivity index (χ4n) is 2.15. The van der Waals surface area contributed by atoms with Crippen LogP contribution < -0.4 is 0 Å². The van der Waals surface area contributed by atoms with Gasteiger partial charge in [0.2, 0.25) is 0 Å². The van der Waals surface area contributed by atoms with E-state index >= 15 is 0 Å². The molecular weight excluding hydrogens is 258 g/mol. The van der Waals surface area contributed by atoms with E-state index in [0.29, 0.717) is 0 Å². The zero-order chi connectivity index (χ0) is 12.7. The average Bonchev–Trinajstić information content (AvgIpc) is 3.00. The molecule has 0 aliphatic rings. The molecule has 3 rings (SSSR count). The lowest BCUT2D eigenvalue weighted by atomic mass is 10.3. The van der Waals surface area contributed by atoms with E-state index in [9.17, 15) is 0 Å². The first-order valence-electron chi connectivity index (χ1n) is 5.94. The molecule has 3 heterocycles. The summed E-state index contributed by atoms with van der Waals surface area (Å²) >= 11 is 3.70. The third-order valence-electron chi connectivity index (χ3n) is 3.11. The van der Waals surface area contributed by atoms with Crippen molar-refractivity contribution in [3.05, 3.63) is 46.2 Å². The first kappa shape index (κ1) is 11.8. The topological polar surface area (TPSA) is 4.93 Å². The molecule has 0 aromatic carbocycles. The summed E-state index contributed by atoms with van der Waals surface area (Å²) in [5.74, 6) is 0. The van der Waals surface area contributed by atoms with Crippen LogP contribution >= 0.6 is 22.7 Å². The standard InChI is InChI=1S/C15H15NS2/c1-10-4-8-14(17-10)12-6-7-13(16(12)3)15-9-5-11(2)18-15/h4-9H,1-3H3. The van der Waals surface area contributed by atoms with Crippen LogP contribution in [0.25, 0.3) is 21.1 Å². The monoisotopic (exact) mass is 273 g/mol. The lowest BCUT2D eigenvalue weighted by Crippen LogP contribution is -1.91. The van der Waals surface area contributed by atoms with E-state index in [4.69, 9.17) is 0 Å². The van der Waals surface area contributed by atoms with Gasteiger partial charge in [0.1, 0.15) is 0 Å². The van der Waals surface area contributed by atoms with Gasteiger partial charge in [0.25, 0.3) is 0 Å². The second kappa shape index (κ2) is 4.41. The molecule has 0 aliphatic heterocycles. The summed E-state index contributed by atoms with van der Waals surface area (Å²) < 4.78 is 2.29. The van der Waals surface area contributed by atoms with E-state index in [1.54, 1.807) is 0 Å². The van der Waals surface area contributed by atoms with Gasteiger partial charge in [0, 0.05) is 16.8 Å². The van der Waals surface area contributed by atoms with Gasteiger partial charge in [-0.2, -0.15) is 0 Å². The molecule has 3 heteroatoms. The van der Waals surface area contributed by atoms with Crippen LogP contribution in [0.5, 0.6) is 0 Å². The highest BCUT2D eigenvalue weighted by atomic mass is 32.1. The Labute approximate surface area is 115 Å². The van der Waals surface area contributed by atoms with E-state index in [-0.39, 0.29) is 0 Å². The largest absolute Gasteiger partial charge is 0.342 e. The summed E-state index contributed by atoms with van der Waals surface area (Å²) in [6.45, 7) is 4.31. The van der Waals surface area contributed by atoms with Crippen molar-refractivity contribution in [2.24, 2.45) is 7.05 Å². The third kappa shape index (κ3) is 1.93. The first-order chi connectivity index (χ1) is 8.65. The van der Waals surface area contributed by atoms with Gasteiger partial charge >= 0.3 is 0 Å². The van der Waals surface area contributed by atoms with E-state index < -0.39 is 0 Å². The summed E-state index contributed by atoms with van der Waals surface area (Å²) in [6, 6.07) is 13.2. The Morgan fingerprint density at radius 1 is 0.722 bits per heavy atom. The molecule has 0 unspecified atom stereocenters. The van der Waals surface area contributed by atoms with Gasteiger partial charge in [-0.25, -0.2) is 0 Å². The Bertz CT molecular complexity index is 627. The molecule has 0 N–H and O–H groups in total. The van der Waals surface area contributed by atoms with Gasteiger partial charge < -0.3 is 4.57 Å². The molecule has 0 saturated heterocycles. The maximum absolute atomic E-state index is 2.29. The van der Waals surface area contributed by atoms with E-state index in [0.717, 1.165) is 0 Å². The quantitative estimate of drug-likeness (QED) is 0.612. The molecule has 0 atom stereocenters. The highest BCUT2D eigenvalue weighted by molar-refractivity contribution is 7.15. The summed E-state index contributed by atoms with van der Waals surface area (Å²) in [5.41, 5.74) is 2.60. The first-order valence-corrected chi connectivity index (χ1v) is 7.58. The SMILES string of the molecule is Cc1ccc(-c2ccc(-c3ccc(C)s3)n2C)s1. The van der Waals surface area contributed by atoms with Crippen molar-refractivity contribution in [3.63, 3.8) is 0 Å². The van der Waals surface area contributed by atoms with Crippen molar-refractivity contribution in [2.45, 2.75) is 13.8 Å². The van der Waals surface area contributed by atoms with Crippen molar-refractivity contribution in [3.8, 4) is 21.1 Å². The van der Waals surface area contributed by atoms with Gasteiger partial charge in [0.15, 0.2) is 0 Å².